The zero-order chi connectivity index (χ0) is 15.0. The zero-order valence-corrected chi connectivity index (χ0v) is 14.0. The second-order valence-electron chi connectivity index (χ2n) is 5.65. The molecular formula is C15H27N5S. The topological polar surface area (TPSA) is 54.2 Å². The van der Waals surface area contributed by atoms with E-state index in [4.69, 9.17) is 4.99 Å². The second-order valence-corrected chi connectivity index (χ2v) is 7.33. The van der Waals surface area contributed by atoms with Crippen LogP contribution in [0, 0.1) is 0 Å². The summed E-state index contributed by atoms with van der Waals surface area (Å²) in [6, 6.07) is 1.96. The van der Waals surface area contributed by atoms with Crippen LogP contribution in [0.25, 0.3) is 0 Å². The van der Waals surface area contributed by atoms with E-state index < -0.39 is 0 Å². The Morgan fingerprint density at radius 1 is 1.48 bits per heavy atom. The first kappa shape index (κ1) is 16.2. The third-order valence-electron chi connectivity index (χ3n) is 3.63. The molecule has 2 rings (SSSR count). The molecule has 1 aromatic rings. The molecule has 0 amide bonds. The first-order chi connectivity index (χ1) is 10.2. The van der Waals surface area contributed by atoms with Crippen LogP contribution >= 0.6 is 11.8 Å². The minimum atomic E-state index is 0.331. The molecule has 0 saturated carbocycles. The molecule has 0 aromatic carbocycles. The van der Waals surface area contributed by atoms with E-state index in [-0.39, 0.29) is 0 Å². The molecule has 1 aliphatic heterocycles. The van der Waals surface area contributed by atoms with E-state index in [0.29, 0.717) is 4.75 Å². The van der Waals surface area contributed by atoms with Crippen LogP contribution < -0.4 is 10.6 Å². The minimum Gasteiger partial charge on any atom is -0.357 e. The third-order valence-corrected chi connectivity index (χ3v) is 5.15. The van der Waals surface area contributed by atoms with E-state index in [1.54, 1.807) is 0 Å². The Kier molecular flexibility index (Phi) is 6.42. The van der Waals surface area contributed by atoms with Crippen molar-refractivity contribution < 1.29 is 0 Å². The molecule has 1 saturated heterocycles. The van der Waals surface area contributed by atoms with Crippen LogP contribution in [0.1, 0.15) is 33.1 Å². The van der Waals surface area contributed by atoms with Gasteiger partial charge in [-0.25, -0.2) is 0 Å². The predicted molar refractivity (Wildman–Crippen MR) is 90.9 cm³/mol. The van der Waals surface area contributed by atoms with Gasteiger partial charge in [-0.2, -0.15) is 16.9 Å². The smallest absolute Gasteiger partial charge is 0.191 e. The van der Waals surface area contributed by atoms with Crippen molar-refractivity contribution in [1.82, 2.24) is 20.4 Å². The molecule has 1 fully saturated rings. The molecular weight excluding hydrogens is 282 g/mol. The summed E-state index contributed by atoms with van der Waals surface area (Å²) in [6.45, 7) is 8.08. The predicted octanol–water partition coefficient (Wildman–Crippen LogP) is 2.11. The largest absolute Gasteiger partial charge is 0.357 e. The Morgan fingerprint density at radius 2 is 2.38 bits per heavy atom. The van der Waals surface area contributed by atoms with Crippen LogP contribution in [0.5, 0.6) is 0 Å². The number of hydrogen-bond donors (Lipinski definition) is 2. The van der Waals surface area contributed by atoms with Gasteiger partial charge in [-0.1, -0.05) is 0 Å². The van der Waals surface area contributed by atoms with Gasteiger partial charge in [0.2, 0.25) is 0 Å². The minimum absolute atomic E-state index is 0.331. The summed E-state index contributed by atoms with van der Waals surface area (Å²) in [4.78, 5) is 4.75. The van der Waals surface area contributed by atoms with Crippen LogP contribution in [0.2, 0.25) is 0 Å². The molecule has 1 aliphatic rings. The lowest BCUT2D eigenvalue weighted by Gasteiger charge is -2.21. The maximum atomic E-state index is 4.75. The molecule has 1 aromatic heterocycles. The van der Waals surface area contributed by atoms with Gasteiger partial charge in [-0.05, 0) is 44.9 Å². The number of thioether (sulfide) groups is 1. The number of aromatic nitrogens is 2. The molecule has 0 aliphatic carbocycles. The first-order valence-corrected chi connectivity index (χ1v) is 8.84. The van der Waals surface area contributed by atoms with Crippen molar-refractivity contribution in [2.75, 3.05) is 25.4 Å². The van der Waals surface area contributed by atoms with Crippen LogP contribution in [-0.4, -0.2) is 45.9 Å². The van der Waals surface area contributed by atoms with Gasteiger partial charge in [0.15, 0.2) is 5.96 Å². The Balaban J connectivity index is 1.72. The summed E-state index contributed by atoms with van der Waals surface area (Å²) in [5.41, 5.74) is 0. The van der Waals surface area contributed by atoms with Crippen LogP contribution in [0.15, 0.2) is 23.5 Å². The van der Waals surface area contributed by atoms with Crippen molar-refractivity contribution in [1.29, 1.82) is 0 Å². The average Bonchev–Trinajstić information content (AvgIpc) is 3.13. The number of aryl methyl sites for hydroxylation is 1. The Morgan fingerprint density at radius 3 is 3.05 bits per heavy atom. The maximum Gasteiger partial charge on any atom is 0.191 e. The summed E-state index contributed by atoms with van der Waals surface area (Å²) in [7, 11) is 0. The Labute approximate surface area is 132 Å². The fourth-order valence-electron chi connectivity index (χ4n) is 2.43. The van der Waals surface area contributed by atoms with E-state index in [1.165, 1.54) is 18.6 Å². The number of rotatable bonds is 7. The van der Waals surface area contributed by atoms with Crippen molar-refractivity contribution in [3.63, 3.8) is 0 Å². The van der Waals surface area contributed by atoms with Gasteiger partial charge < -0.3 is 10.6 Å². The van der Waals surface area contributed by atoms with E-state index in [2.05, 4.69) is 41.3 Å². The van der Waals surface area contributed by atoms with E-state index in [0.717, 1.165) is 38.6 Å². The van der Waals surface area contributed by atoms with Crippen LogP contribution in [-0.2, 0) is 6.54 Å². The molecule has 0 bridgehead atoms. The molecule has 21 heavy (non-hydrogen) atoms. The first-order valence-electron chi connectivity index (χ1n) is 7.85. The van der Waals surface area contributed by atoms with E-state index in [1.807, 2.05) is 23.1 Å². The number of nitrogens with zero attached hydrogens (tertiary/aromatic N) is 3. The third kappa shape index (κ3) is 5.61. The SMILES string of the molecule is CCNC(=NCC1(C)CCCS1)NCCCn1cccn1. The second kappa shape index (κ2) is 8.32. The standard InChI is InChI=1S/C15H27N5S/c1-3-16-14(18-13-15(2)7-4-12-21-15)17-8-5-10-20-11-6-9-19-20/h6,9,11H,3-5,7-8,10,12-13H2,1-2H3,(H2,16,17,18). The molecule has 1 unspecified atom stereocenters. The number of aliphatic imine (C=N–C) groups is 1. The lowest BCUT2D eigenvalue weighted by Crippen LogP contribution is -2.39. The zero-order valence-electron chi connectivity index (χ0n) is 13.1. The molecule has 6 heteroatoms. The molecule has 1 atom stereocenters. The van der Waals surface area contributed by atoms with Gasteiger partial charge >= 0.3 is 0 Å². The molecule has 118 valence electrons. The number of guanidine groups is 1. The summed E-state index contributed by atoms with van der Waals surface area (Å²) in [5, 5.41) is 10.9. The quantitative estimate of drug-likeness (QED) is 0.460. The molecule has 0 radical (unpaired) electrons. The van der Waals surface area contributed by atoms with Gasteiger partial charge in [0, 0.05) is 36.8 Å². The molecule has 2 N–H and O–H groups in total. The normalized spacial score (nSPS) is 22.5. The van der Waals surface area contributed by atoms with Crippen LogP contribution in [0.3, 0.4) is 0 Å². The fraction of sp³-hybridized carbons (Fsp3) is 0.733. The van der Waals surface area contributed by atoms with Crippen molar-refractivity contribution >= 4 is 17.7 Å². The van der Waals surface area contributed by atoms with Gasteiger partial charge in [-0.15, -0.1) is 0 Å². The summed E-state index contributed by atoms with van der Waals surface area (Å²) in [5.74, 6) is 2.21. The molecule has 0 spiro atoms. The van der Waals surface area contributed by atoms with Gasteiger partial charge in [0.05, 0.1) is 6.54 Å². The number of nitrogens with one attached hydrogen (secondary N) is 2. The highest BCUT2D eigenvalue weighted by Gasteiger charge is 2.29. The van der Waals surface area contributed by atoms with Crippen molar-refractivity contribution in [2.45, 2.75) is 44.4 Å². The lowest BCUT2D eigenvalue weighted by molar-refractivity contribution is 0.568. The Bertz CT molecular complexity index is 423. The lowest BCUT2D eigenvalue weighted by atomic mass is 10.1. The van der Waals surface area contributed by atoms with Crippen molar-refractivity contribution in [3.05, 3.63) is 18.5 Å². The average molecular weight is 309 g/mol. The van der Waals surface area contributed by atoms with Gasteiger partial charge in [-0.3, -0.25) is 9.67 Å². The molecule has 2 heterocycles. The van der Waals surface area contributed by atoms with Crippen molar-refractivity contribution in [3.8, 4) is 0 Å². The van der Waals surface area contributed by atoms with Crippen molar-refractivity contribution in [2.24, 2.45) is 4.99 Å². The maximum absolute atomic E-state index is 4.75. The highest BCUT2D eigenvalue weighted by molar-refractivity contribution is 8.00. The monoisotopic (exact) mass is 309 g/mol. The summed E-state index contributed by atoms with van der Waals surface area (Å²) < 4.78 is 2.29. The van der Waals surface area contributed by atoms with Crippen LogP contribution in [0.4, 0.5) is 0 Å². The summed E-state index contributed by atoms with van der Waals surface area (Å²) >= 11 is 2.06. The highest BCUT2D eigenvalue weighted by atomic mass is 32.2. The summed E-state index contributed by atoms with van der Waals surface area (Å²) in [6.07, 6.45) is 7.46. The molecule has 5 nitrogen and oxygen atoms in total. The van der Waals surface area contributed by atoms with E-state index in [9.17, 15) is 0 Å². The van der Waals surface area contributed by atoms with E-state index >= 15 is 0 Å². The van der Waals surface area contributed by atoms with Gasteiger partial charge in [0.25, 0.3) is 0 Å². The number of hydrogen-bond acceptors (Lipinski definition) is 3. The highest BCUT2D eigenvalue weighted by Crippen LogP contribution is 2.37. The Hall–Kier alpha value is -1.17. The fourth-order valence-corrected chi connectivity index (χ4v) is 3.66. The van der Waals surface area contributed by atoms with Gasteiger partial charge in [0.1, 0.15) is 0 Å².